The molecule has 0 radical (unpaired) electrons. The summed E-state index contributed by atoms with van der Waals surface area (Å²) in [6.45, 7) is 2.70. The van der Waals surface area contributed by atoms with Crippen LogP contribution >= 0.6 is 0 Å². The fourth-order valence-corrected chi connectivity index (χ4v) is 4.74. The van der Waals surface area contributed by atoms with Crippen LogP contribution < -0.4 is 14.4 Å². The Labute approximate surface area is 216 Å². The number of ether oxygens (including phenoxy) is 3. The van der Waals surface area contributed by atoms with Crippen LogP contribution in [0.2, 0.25) is 0 Å². The fraction of sp³-hybridized carbons (Fsp3) is 0.345. The summed E-state index contributed by atoms with van der Waals surface area (Å²) in [7, 11) is 1.61. The summed E-state index contributed by atoms with van der Waals surface area (Å²) in [5.74, 6) is 1.25. The summed E-state index contributed by atoms with van der Waals surface area (Å²) < 4.78 is 17.1. The van der Waals surface area contributed by atoms with Crippen molar-refractivity contribution in [2.45, 2.75) is 38.5 Å². The first-order chi connectivity index (χ1) is 18.1. The number of benzene rings is 2. The number of carbonyl (C=O) groups excluding carboxylic acids is 2. The van der Waals surface area contributed by atoms with Crippen LogP contribution in [0, 0.1) is 0 Å². The van der Waals surface area contributed by atoms with Gasteiger partial charge in [0.05, 0.1) is 20.3 Å². The number of anilines is 1. The van der Waals surface area contributed by atoms with E-state index in [-0.39, 0.29) is 17.9 Å². The molecule has 192 valence electrons. The Morgan fingerprint density at radius 3 is 2.73 bits per heavy atom. The Hall–Kier alpha value is -3.91. The lowest BCUT2D eigenvalue weighted by Gasteiger charge is -2.25. The molecule has 2 aliphatic rings. The maximum absolute atomic E-state index is 13.8. The zero-order chi connectivity index (χ0) is 25.6. The molecule has 3 heterocycles. The first-order valence-corrected chi connectivity index (χ1v) is 12.6. The summed E-state index contributed by atoms with van der Waals surface area (Å²) in [6, 6.07) is 16.9. The highest BCUT2D eigenvalue weighted by atomic mass is 16.6. The summed E-state index contributed by atoms with van der Waals surface area (Å²) in [4.78, 5) is 33.8. The van der Waals surface area contributed by atoms with Crippen LogP contribution in [0.25, 0.3) is 0 Å². The van der Waals surface area contributed by atoms with E-state index in [1.54, 1.807) is 35.4 Å². The van der Waals surface area contributed by atoms with Crippen molar-refractivity contribution in [2.24, 2.45) is 0 Å². The van der Waals surface area contributed by atoms with Gasteiger partial charge in [-0.1, -0.05) is 18.2 Å². The average molecular weight is 502 g/mol. The third-order valence-electron chi connectivity index (χ3n) is 6.64. The van der Waals surface area contributed by atoms with Crippen LogP contribution in [0.5, 0.6) is 11.5 Å². The smallest absolute Gasteiger partial charge is 0.254 e. The van der Waals surface area contributed by atoms with E-state index in [1.165, 1.54) is 0 Å². The Morgan fingerprint density at radius 1 is 1.11 bits per heavy atom. The van der Waals surface area contributed by atoms with Crippen molar-refractivity contribution < 1.29 is 23.8 Å². The molecule has 8 nitrogen and oxygen atoms in total. The van der Waals surface area contributed by atoms with Gasteiger partial charge in [0.2, 0.25) is 5.91 Å². The minimum Gasteiger partial charge on any atom is -0.493 e. The summed E-state index contributed by atoms with van der Waals surface area (Å²) >= 11 is 0. The Bertz CT molecular complexity index is 1240. The van der Waals surface area contributed by atoms with E-state index in [2.05, 4.69) is 4.98 Å². The molecule has 2 aromatic carbocycles. The van der Waals surface area contributed by atoms with Crippen molar-refractivity contribution in [2.75, 3.05) is 31.8 Å². The van der Waals surface area contributed by atoms with Gasteiger partial charge in [-0.3, -0.25) is 14.6 Å². The Balaban J connectivity index is 1.39. The predicted octanol–water partition coefficient (Wildman–Crippen LogP) is 4.23. The van der Waals surface area contributed by atoms with Crippen molar-refractivity contribution >= 4 is 17.5 Å². The summed E-state index contributed by atoms with van der Waals surface area (Å²) in [5, 5.41) is 0. The van der Waals surface area contributed by atoms with Gasteiger partial charge in [-0.2, -0.15) is 0 Å². The van der Waals surface area contributed by atoms with Gasteiger partial charge in [-0.05, 0) is 53.9 Å². The highest BCUT2D eigenvalue weighted by molar-refractivity contribution is 5.99. The lowest BCUT2D eigenvalue weighted by molar-refractivity contribution is -0.117. The van der Waals surface area contributed by atoms with E-state index in [0.717, 1.165) is 29.7 Å². The number of pyridine rings is 1. The van der Waals surface area contributed by atoms with Crippen LogP contribution in [-0.4, -0.2) is 54.7 Å². The second-order valence-electron chi connectivity index (χ2n) is 9.31. The highest BCUT2D eigenvalue weighted by Gasteiger charge is 2.24. The van der Waals surface area contributed by atoms with Gasteiger partial charge in [-0.25, -0.2) is 0 Å². The second-order valence-corrected chi connectivity index (χ2v) is 9.31. The van der Waals surface area contributed by atoms with Gasteiger partial charge in [0.25, 0.3) is 5.91 Å². The number of hydrogen-bond donors (Lipinski definition) is 0. The zero-order valence-corrected chi connectivity index (χ0v) is 21.0. The fourth-order valence-electron chi connectivity index (χ4n) is 4.74. The lowest BCUT2D eigenvalue weighted by Crippen LogP contribution is -2.30. The number of nitrogens with zero attached hydrogens (tertiary/aromatic N) is 3. The van der Waals surface area contributed by atoms with Crippen molar-refractivity contribution in [3.8, 4) is 11.5 Å². The first kappa shape index (κ1) is 24.8. The topological polar surface area (TPSA) is 81.2 Å². The van der Waals surface area contributed by atoms with E-state index in [4.69, 9.17) is 14.2 Å². The number of amides is 2. The van der Waals surface area contributed by atoms with E-state index < -0.39 is 0 Å². The molecule has 2 aliphatic heterocycles. The number of methoxy groups -OCH3 is 1. The molecule has 0 saturated carbocycles. The molecule has 0 N–H and O–H groups in total. The molecule has 37 heavy (non-hydrogen) atoms. The summed E-state index contributed by atoms with van der Waals surface area (Å²) in [6.07, 6.45) is 5.71. The van der Waals surface area contributed by atoms with E-state index >= 15 is 0 Å². The minimum absolute atomic E-state index is 0.0122. The Kier molecular flexibility index (Phi) is 7.65. The normalized spacial score (nSPS) is 17.2. The monoisotopic (exact) mass is 501 g/mol. The summed E-state index contributed by atoms with van der Waals surface area (Å²) in [5.41, 5.74) is 3.13. The van der Waals surface area contributed by atoms with Crippen molar-refractivity contribution in [3.05, 3.63) is 83.7 Å². The molecule has 1 unspecified atom stereocenters. The van der Waals surface area contributed by atoms with Gasteiger partial charge in [0, 0.05) is 56.1 Å². The molecule has 2 amide bonds. The highest BCUT2D eigenvalue weighted by Crippen LogP contribution is 2.31. The van der Waals surface area contributed by atoms with Crippen molar-refractivity contribution in [1.82, 2.24) is 9.88 Å². The predicted molar refractivity (Wildman–Crippen MR) is 139 cm³/mol. The van der Waals surface area contributed by atoms with Crippen LogP contribution in [0.3, 0.4) is 0 Å². The lowest BCUT2D eigenvalue weighted by atomic mass is 10.1. The van der Waals surface area contributed by atoms with E-state index in [1.807, 2.05) is 48.5 Å². The molecular formula is C29H31N3O5. The number of aromatic nitrogens is 1. The molecule has 1 atom stereocenters. The molecule has 0 bridgehead atoms. The van der Waals surface area contributed by atoms with Crippen molar-refractivity contribution in [3.63, 3.8) is 0 Å². The van der Waals surface area contributed by atoms with Crippen LogP contribution in [0.1, 0.15) is 40.7 Å². The SMILES string of the molecule is COc1cc(CN(Cc2cccnc2)C(=O)c2cccc(N3CCCC3=O)c2)ccc1OC1CCOC1. The number of hydrogen-bond acceptors (Lipinski definition) is 6. The quantitative estimate of drug-likeness (QED) is 0.437. The Morgan fingerprint density at radius 2 is 2.00 bits per heavy atom. The largest absolute Gasteiger partial charge is 0.493 e. The maximum atomic E-state index is 13.8. The molecule has 3 aromatic rings. The molecule has 8 heteroatoms. The van der Waals surface area contributed by atoms with Gasteiger partial charge in [0.1, 0.15) is 6.10 Å². The van der Waals surface area contributed by atoms with Gasteiger partial charge in [0.15, 0.2) is 11.5 Å². The molecule has 0 spiro atoms. The first-order valence-electron chi connectivity index (χ1n) is 12.6. The maximum Gasteiger partial charge on any atom is 0.254 e. The number of carbonyl (C=O) groups is 2. The molecule has 2 fully saturated rings. The molecular weight excluding hydrogens is 470 g/mol. The third-order valence-corrected chi connectivity index (χ3v) is 6.64. The van der Waals surface area contributed by atoms with Crippen LogP contribution in [0.15, 0.2) is 67.0 Å². The average Bonchev–Trinajstić information content (AvgIpc) is 3.61. The second kappa shape index (κ2) is 11.4. The van der Waals surface area contributed by atoms with Crippen molar-refractivity contribution in [1.29, 1.82) is 0 Å². The van der Waals surface area contributed by atoms with E-state index in [9.17, 15) is 9.59 Å². The minimum atomic E-state index is -0.125. The van der Waals surface area contributed by atoms with Gasteiger partial charge < -0.3 is 24.0 Å². The standard InChI is InChI=1S/C29H31N3O5/c1-35-27-15-21(9-10-26(27)37-25-11-14-36-20-25)18-31(19-22-5-3-12-30-17-22)29(34)23-6-2-7-24(16-23)32-13-4-8-28(32)33/h2-3,5-7,9-10,12,15-17,25H,4,8,11,13-14,18-20H2,1H3. The zero-order valence-electron chi connectivity index (χ0n) is 21.0. The van der Waals surface area contributed by atoms with Crippen LogP contribution in [0.4, 0.5) is 5.69 Å². The van der Waals surface area contributed by atoms with Gasteiger partial charge in [-0.15, -0.1) is 0 Å². The molecule has 5 rings (SSSR count). The van der Waals surface area contributed by atoms with Crippen LogP contribution in [-0.2, 0) is 22.6 Å². The third kappa shape index (κ3) is 5.91. The number of rotatable bonds is 9. The molecule has 0 aliphatic carbocycles. The van der Waals surface area contributed by atoms with E-state index in [0.29, 0.717) is 56.3 Å². The van der Waals surface area contributed by atoms with Gasteiger partial charge >= 0.3 is 0 Å². The molecule has 1 aromatic heterocycles. The molecule has 2 saturated heterocycles.